The third kappa shape index (κ3) is 4.37. The van der Waals surface area contributed by atoms with Gasteiger partial charge in [0, 0.05) is 40.8 Å². The smallest absolute Gasteiger partial charge is 0.243 e. The highest BCUT2D eigenvalue weighted by Gasteiger charge is 2.27. The minimum absolute atomic E-state index is 0.142. The number of halogens is 2. The molecule has 1 aliphatic heterocycles. The van der Waals surface area contributed by atoms with E-state index in [4.69, 9.17) is 38.7 Å². The maximum atomic E-state index is 13.2. The quantitative estimate of drug-likeness (QED) is 0.380. The number of hydrogen-bond acceptors (Lipinski definition) is 8. The van der Waals surface area contributed by atoms with Crippen LogP contribution >= 0.6 is 34.5 Å². The van der Waals surface area contributed by atoms with Crippen LogP contribution < -0.4 is 5.73 Å². The van der Waals surface area contributed by atoms with Crippen molar-refractivity contribution < 1.29 is 13.2 Å². The zero-order valence-corrected chi connectivity index (χ0v) is 20.9. The molecular weight excluding hydrogens is 517 g/mol. The zero-order chi connectivity index (χ0) is 23.9. The molecule has 3 heterocycles. The Balaban J connectivity index is 1.56. The fraction of sp³-hybridized carbons (Fsp3) is 0.227. The van der Waals surface area contributed by atoms with Crippen LogP contribution in [0.3, 0.4) is 0 Å². The highest BCUT2D eigenvalue weighted by Crippen LogP contribution is 2.35. The third-order valence-electron chi connectivity index (χ3n) is 5.52. The van der Waals surface area contributed by atoms with Crippen molar-refractivity contribution in [1.29, 1.82) is 0 Å². The van der Waals surface area contributed by atoms with Crippen LogP contribution in [0.2, 0.25) is 10.0 Å². The van der Waals surface area contributed by atoms with E-state index in [9.17, 15) is 8.42 Å². The maximum absolute atomic E-state index is 13.2. The van der Waals surface area contributed by atoms with Crippen molar-refractivity contribution in [2.45, 2.75) is 11.3 Å². The lowest BCUT2D eigenvalue weighted by molar-refractivity contribution is 0.0730. The van der Waals surface area contributed by atoms with Crippen LogP contribution in [-0.2, 0) is 21.2 Å². The molecule has 8 nitrogen and oxygen atoms in total. The number of morpholine rings is 1. The molecule has 4 aromatic rings. The average Bonchev–Trinajstić information content (AvgIpc) is 3.25. The number of anilines is 1. The van der Waals surface area contributed by atoms with E-state index in [1.54, 1.807) is 30.3 Å². The number of benzene rings is 2. The first-order chi connectivity index (χ1) is 16.3. The van der Waals surface area contributed by atoms with Gasteiger partial charge in [0.1, 0.15) is 27.4 Å². The van der Waals surface area contributed by atoms with E-state index in [2.05, 4.69) is 9.97 Å². The summed E-state index contributed by atoms with van der Waals surface area (Å²) in [6.45, 7) is 1.34. The molecule has 0 atom stereocenters. The van der Waals surface area contributed by atoms with Crippen molar-refractivity contribution in [1.82, 2.24) is 19.3 Å². The Morgan fingerprint density at radius 2 is 1.82 bits per heavy atom. The summed E-state index contributed by atoms with van der Waals surface area (Å²) in [7, 11) is -3.70. The topological polar surface area (TPSA) is 111 Å². The van der Waals surface area contributed by atoms with E-state index in [0.717, 1.165) is 10.6 Å². The van der Waals surface area contributed by atoms with Crippen LogP contribution in [0.4, 0.5) is 5.69 Å². The van der Waals surface area contributed by atoms with Crippen LogP contribution in [-0.4, -0.2) is 54.0 Å². The van der Waals surface area contributed by atoms with Crippen molar-refractivity contribution in [3.8, 4) is 11.3 Å². The molecule has 1 saturated heterocycles. The lowest BCUT2D eigenvalue weighted by Crippen LogP contribution is -2.40. The summed E-state index contributed by atoms with van der Waals surface area (Å²) >= 11 is 14.1. The summed E-state index contributed by atoms with van der Waals surface area (Å²) in [6, 6.07) is 9.98. The normalized spacial score (nSPS) is 15.1. The van der Waals surface area contributed by atoms with Gasteiger partial charge < -0.3 is 10.5 Å². The highest BCUT2D eigenvalue weighted by atomic mass is 35.5. The van der Waals surface area contributed by atoms with Gasteiger partial charge in [-0.05, 0) is 35.9 Å². The number of ether oxygens (including phenoxy) is 1. The molecular formula is C22H19Cl2N5O3S2. The number of aromatic nitrogens is 3. The van der Waals surface area contributed by atoms with E-state index in [-0.39, 0.29) is 4.90 Å². The van der Waals surface area contributed by atoms with Gasteiger partial charge in [-0.15, -0.1) is 0 Å². The monoisotopic (exact) mass is 535 g/mol. The fourth-order valence-electron chi connectivity index (χ4n) is 3.76. The number of rotatable bonds is 5. The van der Waals surface area contributed by atoms with Crippen LogP contribution in [0.25, 0.3) is 21.6 Å². The molecule has 2 aromatic heterocycles. The Hall–Kier alpha value is -2.34. The molecule has 1 fully saturated rings. The summed E-state index contributed by atoms with van der Waals surface area (Å²) in [5.74, 6) is 0. The van der Waals surface area contributed by atoms with Crippen molar-refractivity contribution in [3.05, 3.63) is 63.3 Å². The maximum Gasteiger partial charge on any atom is 0.243 e. The second-order valence-corrected chi connectivity index (χ2v) is 11.4. The lowest BCUT2D eigenvalue weighted by atomic mass is 10.1. The predicted molar refractivity (Wildman–Crippen MR) is 134 cm³/mol. The number of hydrogen-bond donors (Lipinski definition) is 1. The fourth-order valence-corrected chi connectivity index (χ4v) is 6.64. The molecule has 176 valence electrons. The number of nitrogens with zero attached hydrogens (tertiary/aromatic N) is 4. The number of sulfonamides is 1. The summed E-state index contributed by atoms with van der Waals surface area (Å²) in [5.41, 5.74) is 8.91. The SMILES string of the molecule is Nc1ccc(S(=O)(=O)N2CCOCC2)cc1-c1ncnc2sc(Cc3c(Cl)cccc3Cl)nc12. The Kier molecular flexibility index (Phi) is 6.45. The van der Waals surface area contributed by atoms with Gasteiger partial charge in [-0.1, -0.05) is 40.6 Å². The lowest BCUT2D eigenvalue weighted by Gasteiger charge is -2.26. The molecule has 34 heavy (non-hydrogen) atoms. The van der Waals surface area contributed by atoms with Crippen LogP contribution in [0.15, 0.2) is 47.6 Å². The number of fused-ring (bicyclic) bond motifs is 1. The molecule has 0 radical (unpaired) electrons. The molecule has 0 aliphatic carbocycles. The molecule has 0 amide bonds. The van der Waals surface area contributed by atoms with Crippen LogP contribution in [0.1, 0.15) is 10.6 Å². The van der Waals surface area contributed by atoms with E-state index < -0.39 is 10.0 Å². The highest BCUT2D eigenvalue weighted by molar-refractivity contribution is 7.89. The minimum Gasteiger partial charge on any atom is -0.398 e. The Morgan fingerprint density at radius 3 is 2.56 bits per heavy atom. The molecule has 2 N–H and O–H groups in total. The summed E-state index contributed by atoms with van der Waals surface area (Å²) in [5, 5.41) is 1.87. The Bertz CT molecular complexity index is 1470. The van der Waals surface area contributed by atoms with Crippen LogP contribution in [0, 0.1) is 0 Å². The largest absolute Gasteiger partial charge is 0.398 e. The van der Waals surface area contributed by atoms with E-state index >= 15 is 0 Å². The van der Waals surface area contributed by atoms with Gasteiger partial charge in [0.2, 0.25) is 10.0 Å². The summed E-state index contributed by atoms with van der Waals surface area (Å²) in [4.78, 5) is 14.3. The minimum atomic E-state index is -3.70. The van der Waals surface area contributed by atoms with Gasteiger partial charge in [-0.3, -0.25) is 0 Å². The van der Waals surface area contributed by atoms with E-state index in [1.807, 2.05) is 0 Å². The molecule has 0 unspecified atom stereocenters. The molecule has 1 aliphatic rings. The van der Waals surface area contributed by atoms with Crippen molar-refractivity contribution in [2.75, 3.05) is 32.0 Å². The molecule has 0 saturated carbocycles. The zero-order valence-electron chi connectivity index (χ0n) is 17.7. The first kappa shape index (κ1) is 23.4. The number of nitrogen functional groups attached to an aromatic ring is 1. The number of thiazole rings is 1. The molecule has 12 heteroatoms. The Morgan fingerprint density at radius 1 is 1.09 bits per heavy atom. The molecule has 2 aromatic carbocycles. The van der Waals surface area contributed by atoms with E-state index in [1.165, 1.54) is 28.0 Å². The predicted octanol–water partition coefficient (Wildman–Crippen LogP) is 4.25. The van der Waals surface area contributed by atoms with Gasteiger partial charge in [0.05, 0.1) is 18.1 Å². The second kappa shape index (κ2) is 9.37. The van der Waals surface area contributed by atoms with Gasteiger partial charge >= 0.3 is 0 Å². The van der Waals surface area contributed by atoms with Crippen LogP contribution in [0.5, 0.6) is 0 Å². The molecule has 0 bridgehead atoms. The first-order valence-corrected chi connectivity index (χ1v) is 13.4. The molecule has 0 spiro atoms. The summed E-state index contributed by atoms with van der Waals surface area (Å²) < 4.78 is 33.0. The van der Waals surface area contributed by atoms with Crippen molar-refractivity contribution in [2.24, 2.45) is 0 Å². The Labute approximate surface area is 210 Å². The summed E-state index contributed by atoms with van der Waals surface area (Å²) in [6.07, 6.45) is 1.85. The number of nitrogens with two attached hydrogens (primary N) is 1. The van der Waals surface area contributed by atoms with Gasteiger partial charge in [-0.25, -0.2) is 23.4 Å². The first-order valence-electron chi connectivity index (χ1n) is 10.4. The standard InChI is InChI=1S/C22H19Cl2N5O3S2/c23-16-2-1-3-17(24)14(16)11-19-28-21-20(26-12-27-22(21)33-19)15-10-13(4-5-18(15)25)34(30,31)29-6-8-32-9-7-29/h1-5,10,12H,6-9,11,25H2. The third-order valence-corrected chi connectivity index (χ3v) is 9.08. The average molecular weight is 536 g/mol. The molecule has 5 rings (SSSR count). The van der Waals surface area contributed by atoms with Crippen molar-refractivity contribution in [3.63, 3.8) is 0 Å². The van der Waals surface area contributed by atoms with Gasteiger partial charge in [-0.2, -0.15) is 4.31 Å². The van der Waals surface area contributed by atoms with E-state index in [0.29, 0.717) is 70.1 Å². The second-order valence-electron chi connectivity index (χ2n) is 7.63. The van der Waals surface area contributed by atoms with Gasteiger partial charge in [0.25, 0.3) is 0 Å². The van der Waals surface area contributed by atoms with Crippen molar-refractivity contribution >= 4 is 60.6 Å². The van der Waals surface area contributed by atoms with Gasteiger partial charge in [0.15, 0.2) is 0 Å².